The van der Waals surface area contributed by atoms with Gasteiger partial charge in [0.1, 0.15) is 5.82 Å². The van der Waals surface area contributed by atoms with E-state index in [4.69, 9.17) is 0 Å². The summed E-state index contributed by atoms with van der Waals surface area (Å²) in [6.07, 6.45) is 3.21. The Morgan fingerprint density at radius 1 is 1.00 bits per heavy atom. The van der Waals surface area contributed by atoms with Gasteiger partial charge in [0.2, 0.25) is 0 Å². The Labute approximate surface area is 152 Å². The van der Waals surface area contributed by atoms with Crippen molar-refractivity contribution < 1.29 is 14.0 Å². The number of benzene rings is 2. The van der Waals surface area contributed by atoms with Gasteiger partial charge >= 0.3 is 11.8 Å². The third-order valence-corrected chi connectivity index (χ3v) is 4.88. The number of anilines is 1. The van der Waals surface area contributed by atoms with Crippen LogP contribution in [-0.4, -0.2) is 18.4 Å². The molecular formula is C21H23FN2O2. The van der Waals surface area contributed by atoms with Crippen LogP contribution < -0.4 is 10.6 Å². The Balaban J connectivity index is 1.57. The van der Waals surface area contributed by atoms with E-state index in [1.165, 1.54) is 23.3 Å². The SMILES string of the molecule is CC(C)(CNC(=O)C(=O)Nc1ccc2c(c1)CCC2)c1ccc(F)cc1. The van der Waals surface area contributed by atoms with E-state index in [1.54, 1.807) is 12.1 Å². The van der Waals surface area contributed by atoms with Gasteiger partial charge in [-0.05, 0) is 60.2 Å². The molecule has 4 nitrogen and oxygen atoms in total. The zero-order chi connectivity index (χ0) is 18.7. The predicted octanol–water partition coefficient (Wildman–Crippen LogP) is 3.35. The van der Waals surface area contributed by atoms with Crippen LogP contribution in [0.5, 0.6) is 0 Å². The number of nitrogens with one attached hydrogen (secondary N) is 2. The number of hydrogen-bond donors (Lipinski definition) is 2. The van der Waals surface area contributed by atoms with E-state index in [-0.39, 0.29) is 12.4 Å². The van der Waals surface area contributed by atoms with Crippen LogP contribution in [0.2, 0.25) is 0 Å². The molecule has 2 aromatic carbocycles. The van der Waals surface area contributed by atoms with Gasteiger partial charge in [0, 0.05) is 17.6 Å². The summed E-state index contributed by atoms with van der Waals surface area (Å²) in [6.45, 7) is 4.13. The molecule has 26 heavy (non-hydrogen) atoms. The molecule has 0 spiro atoms. The number of hydrogen-bond acceptors (Lipinski definition) is 2. The largest absolute Gasteiger partial charge is 0.347 e. The molecule has 2 amide bonds. The van der Waals surface area contributed by atoms with E-state index in [1.807, 2.05) is 32.0 Å². The molecule has 5 heteroatoms. The van der Waals surface area contributed by atoms with Gasteiger partial charge < -0.3 is 10.6 Å². The van der Waals surface area contributed by atoms with Gasteiger partial charge in [-0.25, -0.2) is 4.39 Å². The highest BCUT2D eigenvalue weighted by molar-refractivity contribution is 6.39. The van der Waals surface area contributed by atoms with E-state index >= 15 is 0 Å². The summed E-state index contributed by atoms with van der Waals surface area (Å²) in [4.78, 5) is 24.3. The van der Waals surface area contributed by atoms with Crippen LogP contribution in [0.3, 0.4) is 0 Å². The van der Waals surface area contributed by atoms with Crippen molar-refractivity contribution in [2.24, 2.45) is 0 Å². The smallest absolute Gasteiger partial charge is 0.313 e. The van der Waals surface area contributed by atoms with Crippen molar-refractivity contribution in [2.45, 2.75) is 38.5 Å². The van der Waals surface area contributed by atoms with Crippen molar-refractivity contribution in [2.75, 3.05) is 11.9 Å². The van der Waals surface area contributed by atoms with Gasteiger partial charge in [-0.3, -0.25) is 9.59 Å². The highest BCUT2D eigenvalue weighted by Crippen LogP contribution is 2.25. The van der Waals surface area contributed by atoms with Crippen LogP contribution in [0.15, 0.2) is 42.5 Å². The first kappa shape index (κ1) is 18.1. The first-order valence-corrected chi connectivity index (χ1v) is 8.82. The lowest BCUT2D eigenvalue weighted by Gasteiger charge is -2.25. The van der Waals surface area contributed by atoms with Crippen molar-refractivity contribution >= 4 is 17.5 Å². The number of carbonyl (C=O) groups is 2. The van der Waals surface area contributed by atoms with Crippen LogP contribution in [0, 0.1) is 5.82 Å². The molecule has 1 aliphatic rings. The van der Waals surface area contributed by atoms with Gasteiger partial charge in [-0.1, -0.05) is 32.0 Å². The van der Waals surface area contributed by atoms with Gasteiger partial charge in [0.25, 0.3) is 0 Å². The first-order valence-electron chi connectivity index (χ1n) is 8.82. The van der Waals surface area contributed by atoms with Crippen LogP contribution in [0.4, 0.5) is 10.1 Å². The fourth-order valence-electron chi connectivity index (χ4n) is 3.22. The second-order valence-corrected chi connectivity index (χ2v) is 7.36. The molecule has 136 valence electrons. The maximum atomic E-state index is 13.1. The van der Waals surface area contributed by atoms with Crippen molar-refractivity contribution in [3.05, 3.63) is 65.0 Å². The number of fused-ring (bicyclic) bond motifs is 1. The molecular weight excluding hydrogens is 331 g/mol. The highest BCUT2D eigenvalue weighted by atomic mass is 19.1. The molecule has 2 aromatic rings. The molecule has 0 fully saturated rings. The van der Waals surface area contributed by atoms with Crippen LogP contribution in [0.25, 0.3) is 0 Å². The van der Waals surface area contributed by atoms with Crippen LogP contribution in [-0.2, 0) is 27.8 Å². The van der Waals surface area contributed by atoms with E-state index in [0.29, 0.717) is 5.69 Å². The third kappa shape index (κ3) is 4.10. The number of amides is 2. The Morgan fingerprint density at radius 2 is 1.69 bits per heavy atom. The standard InChI is InChI=1S/C21H23FN2O2/c1-21(2,16-7-9-17(22)10-8-16)13-23-19(25)20(26)24-18-11-6-14-4-3-5-15(14)12-18/h6-12H,3-5,13H2,1-2H3,(H,23,25)(H,24,26). The molecule has 2 N–H and O–H groups in total. The number of halogens is 1. The average molecular weight is 354 g/mol. The average Bonchev–Trinajstić information content (AvgIpc) is 3.08. The van der Waals surface area contributed by atoms with Crippen molar-refractivity contribution in [3.63, 3.8) is 0 Å². The summed E-state index contributed by atoms with van der Waals surface area (Å²) in [5.74, 6) is -1.67. The maximum Gasteiger partial charge on any atom is 0.313 e. The van der Waals surface area contributed by atoms with Gasteiger partial charge in [-0.15, -0.1) is 0 Å². The van der Waals surface area contributed by atoms with Crippen molar-refractivity contribution in [1.82, 2.24) is 5.32 Å². The summed E-state index contributed by atoms with van der Waals surface area (Å²) in [5.41, 5.74) is 3.66. The Kier molecular flexibility index (Phi) is 5.07. The third-order valence-electron chi connectivity index (χ3n) is 4.88. The molecule has 1 aliphatic carbocycles. The lowest BCUT2D eigenvalue weighted by molar-refractivity contribution is -0.136. The highest BCUT2D eigenvalue weighted by Gasteiger charge is 2.23. The molecule has 0 unspecified atom stereocenters. The summed E-state index contributed by atoms with van der Waals surface area (Å²) in [7, 11) is 0. The van der Waals surface area contributed by atoms with E-state index < -0.39 is 17.2 Å². The first-order chi connectivity index (χ1) is 12.3. The lowest BCUT2D eigenvalue weighted by Crippen LogP contribution is -2.42. The molecule has 0 heterocycles. The van der Waals surface area contributed by atoms with Gasteiger partial charge in [0.15, 0.2) is 0 Å². The van der Waals surface area contributed by atoms with Gasteiger partial charge in [-0.2, -0.15) is 0 Å². The Hall–Kier alpha value is -2.69. The summed E-state index contributed by atoms with van der Waals surface area (Å²) < 4.78 is 13.1. The second kappa shape index (κ2) is 7.28. The molecule has 0 saturated heterocycles. The summed E-state index contributed by atoms with van der Waals surface area (Å²) in [5, 5.41) is 5.32. The molecule has 0 aromatic heterocycles. The molecule has 0 saturated carbocycles. The quantitative estimate of drug-likeness (QED) is 0.828. The summed E-state index contributed by atoms with van der Waals surface area (Å²) >= 11 is 0. The minimum Gasteiger partial charge on any atom is -0.347 e. The van der Waals surface area contributed by atoms with E-state index in [0.717, 1.165) is 24.8 Å². The number of rotatable bonds is 4. The maximum absolute atomic E-state index is 13.1. The summed E-state index contributed by atoms with van der Waals surface area (Å²) in [6, 6.07) is 11.9. The Bertz CT molecular complexity index is 828. The minimum absolute atomic E-state index is 0.273. The topological polar surface area (TPSA) is 58.2 Å². The minimum atomic E-state index is -0.683. The molecule has 0 aliphatic heterocycles. The molecule has 0 radical (unpaired) electrons. The van der Waals surface area contributed by atoms with Crippen molar-refractivity contribution in [3.8, 4) is 0 Å². The van der Waals surface area contributed by atoms with Crippen LogP contribution in [0.1, 0.15) is 37.0 Å². The Morgan fingerprint density at radius 3 is 2.42 bits per heavy atom. The van der Waals surface area contributed by atoms with E-state index in [9.17, 15) is 14.0 Å². The zero-order valence-corrected chi connectivity index (χ0v) is 15.1. The van der Waals surface area contributed by atoms with Crippen LogP contribution >= 0.6 is 0 Å². The van der Waals surface area contributed by atoms with Crippen molar-refractivity contribution in [1.29, 1.82) is 0 Å². The van der Waals surface area contributed by atoms with E-state index in [2.05, 4.69) is 10.6 Å². The predicted molar refractivity (Wildman–Crippen MR) is 99.5 cm³/mol. The number of carbonyl (C=O) groups excluding carboxylic acids is 2. The molecule has 0 atom stereocenters. The molecule has 3 rings (SSSR count). The number of aryl methyl sites for hydroxylation is 2. The fourth-order valence-corrected chi connectivity index (χ4v) is 3.22. The molecule has 0 bridgehead atoms. The van der Waals surface area contributed by atoms with Gasteiger partial charge in [0.05, 0.1) is 0 Å². The zero-order valence-electron chi connectivity index (χ0n) is 15.1. The normalized spacial score (nSPS) is 13.2. The lowest BCUT2D eigenvalue weighted by atomic mass is 9.84. The second-order valence-electron chi connectivity index (χ2n) is 7.36. The monoisotopic (exact) mass is 354 g/mol. The fraction of sp³-hybridized carbons (Fsp3) is 0.333.